The third-order valence-electron chi connectivity index (χ3n) is 0. The fraction of sp³-hybridized carbons (Fsp3) is 0. The van der Waals surface area contributed by atoms with Crippen LogP contribution in [-0.2, 0) is 36.5 Å². The van der Waals surface area contributed by atoms with E-state index in [0.717, 1.165) is 0 Å². The maximum absolute atomic E-state index is 0. The van der Waals surface area contributed by atoms with Crippen LogP contribution in [0.15, 0.2) is 0 Å². The van der Waals surface area contributed by atoms with Crippen molar-refractivity contribution in [1.29, 1.82) is 0 Å². The Morgan fingerprint density at radius 1 is 1.00 bits per heavy atom. The quantitative estimate of drug-likeness (QED) is 0.422. The van der Waals surface area contributed by atoms with Gasteiger partial charge in [-0.25, -0.2) is 0 Å². The van der Waals surface area contributed by atoms with Crippen molar-refractivity contribution < 1.29 is 36.5 Å². The standard InChI is InChI=1S/Cu.Pb.Sn.Zn. The molecule has 4 heavy (non-hydrogen) atoms. The largest absolute Gasteiger partial charge is 0 e. The normalized spacial score (nSPS) is 0. The number of hydrogen-bond donors (Lipinski definition) is 0. The van der Waals surface area contributed by atoms with Gasteiger partial charge in [-0.1, -0.05) is 0 Å². The molecule has 0 aromatic rings. The molecular formula is CuPbSnZn. The van der Waals surface area contributed by atoms with Gasteiger partial charge in [0.15, 0.2) is 0 Å². The molecule has 4 heteroatoms. The Balaban J connectivity index is 0. The minimum atomic E-state index is 0. The molecule has 0 N–H and O–H groups in total. The van der Waals surface area contributed by atoms with E-state index in [4.69, 9.17) is 0 Å². The third kappa shape index (κ3) is 8.85. The zero-order valence-electron chi connectivity index (χ0n) is 2.01. The van der Waals surface area contributed by atoms with Crippen molar-refractivity contribution in [3.63, 3.8) is 0 Å². The second-order valence-electron chi connectivity index (χ2n) is 0. The predicted octanol–water partition coefficient (Wildman–Crippen LogP) is -0.767. The van der Waals surface area contributed by atoms with Gasteiger partial charge in [0.05, 0.1) is 0 Å². The van der Waals surface area contributed by atoms with Gasteiger partial charge in [0.2, 0.25) is 0 Å². The summed E-state index contributed by atoms with van der Waals surface area (Å²) < 4.78 is 0. The summed E-state index contributed by atoms with van der Waals surface area (Å²) in [6.07, 6.45) is 0. The first-order valence-electron chi connectivity index (χ1n) is 0. The monoisotopic (exact) mass is 455 g/mol. The minimum Gasteiger partial charge on any atom is 0 e. The summed E-state index contributed by atoms with van der Waals surface area (Å²) in [5, 5.41) is 0. The van der Waals surface area contributed by atoms with Crippen LogP contribution in [0.5, 0.6) is 0 Å². The molecule has 0 saturated heterocycles. The Labute approximate surface area is 86.2 Å². The van der Waals surface area contributed by atoms with Gasteiger partial charge in [0, 0.05) is 87.8 Å². The van der Waals surface area contributed by atoms with Crippen molar-refractivity contribution >= 4 is 51.2 Å². The van der Waals surface area contributed by atoms with Crippen LogP contribution in [0.1, 0.15) is 0 Å². The number of rotatable bonds is 0. The van der Waals surface area contributed by atoms with Crippen LogP contribution in [0, 0.1) is 0 Å². The van der Waals surface area contributed by atoms with Gasteiger partial charge in [-0.05, 0) is 0 Å². The molecule has 0 aliphatic heterocycles. The van der Waals surface area contributed by atoms with Crippen LogP contribution in [-0.4, -0.2) is 51.2 Å². The fourth-order valence-corrected chi connectivity index (χ4v) is 0. The molecule has 0 nitrogen and oxygen atoms in total. The van der Waals surface area contributed by atoms with Gasteiger partial charge >= 0.3 is 0 Å². The molecule has 0 amide bonds. The van der Waals surface area contributed by atoms with Crippen molar-refractivity contribution in [2.75, 3.05) is 0 Å². The Kier molecular flexibility index (Phi) is 122. The zero-order chi connectivity index (χ0) is 0. The summed E-state index contributed by atoms with van der Waals surface area (Å²) in [5.74, 6) is 0. The van der Waals surface area contributed by atoms with Crippen LogP contribution < -0.4 is 0 Å². The summed E-state index contributed by atoms with van der Waals surface area (Å²) in [6, 6.07) is 0. The van der Waals surface area contributed by atoms with Crippen molar-refractivity contribution in [1.82, 2.24) is 0 Å². The zero-order valence-corrected chi connectivity index (χ0v) is 12.7. The topological polar surface area (TPSA) is 0 Å². The maximum Gasteiger partial charge on any atom is 0 e. The molecule has 0 spiro atoms. The Morgan fingerprint density at radius 3 is 1.00 bits per heavy atom. The molecule has 0 aromatic heterocycles. The maximum atomic E-state index is 0. The minimum absolute atomic E-state index is 0. The molecule has 0 saturated carbocycles. The van der Waals surface area contributed by atoms with Crippen LogP contribution in [0.3, 0.4) is 0 Å². The summed E-state index contributed by atoms with van der Waals surface area (Å²) >= 11 is 0. The van der Waals surface area contributed by atoms with Crippen molar-refractivity contribution in [2.24, 2.45) is 0 Å². The molecule has 9 radical (unpaired) electrons. The molecular weight excluding hydrogens is 455 g/mol. The van der Waals surface area contributed by atoms with Crippen molar-refractivity contribution in [2.45, 2.75) is 0 Å². The Morgan fingerprint density at radius 2 is 1.00 bits per heavy atom. The molecule has 0 bridgehead atoms. The van der Waals surface area contributed by atoms with E-state index in [9.17, 15) is 0 Å². The molecule has 0 aromatic carbocycles. The van der Waals surface area contributed by atoms with Crippen LogP contribution in [0.2, 0.25) is 0 Å². The van der Waals surface area contributed by atoms with E-state index in [1.807, 2.05) is 0 Å². The molecule has 0 fully saturated rings. The van der Waals surface area contributed by atoms with E-state index < -0.39 is 0 Å². The molecule has 0 aliphatic carbocycles. The molecule has 0 rings (SSSR count). The predicted molar refractivity (Wildman–Crippen MR) is 11.5 cm³/mol. The molecule has 21 valence electrons. The van der Waals surface area contributed by atoms with E-state index in [1.165, 1.54) is 0 Å². The summed E-state index contributed by atoms with van der Waals surface area (Å²) in [7, 11) is 0. The van der Waals surface area contributed by atoms with Crippen molar-refractivity contribution in [3.8, 4) is 0 Å². The smallest absolute Gasteiger partial charge is 0 e. The fourth-order valence-electron chi connectivity index (χ4n) is 0. The first-order chi connectivity index (χ1) is 0. The van der Waals surface area contributed by atoms with Gasteiger partial charge in [-0.3, -0.25) is 0 Å². The van der Waals surface area contributed by atoms with Crippen molar-refractivity contribution in [3.05, 3.63) is 0 Å². The summed E-state index contributed by atoms with van der Waals surface area (Å²) in [6.45, 7) is 0. The average molecular weight is 455 g/mol. The Hall–Kier alpha value is 2.86. The van der Waals surface area contributed by atoms with E-state index in [-0.39, 0.29) is 87.8 Å². The molecule has 0 atom stereocenters. The van der Waals surface area contributed by atoms with E-state index >= 15 is 0 Å². The first kappa shape index (κ1) is 28.8. The molecule has 0 unspecified atom stereocenters. The van der Waals surface area contributed by atoms with Crippen LogP contribution in [0.4, 0.5) is 0 Å². The van der Waals surface area contributed by atoms with Gasteiger partial charge in [-0.2, -0.15) is 0 Å². The third-order valence-corrected chi connectivity index (χ3v) is 0. The summed E-state index contributed by atoms with van der Waals surface area (Å²) in [5.41, 5.74) is 0. The van der Waals surface area contributed by atoms with Crippen LogP contribution in [0.25, 0.3) is 0 Å². The molecule has 0 aliphatic rings. The first-order valence-corrected chi connectivity index (χ1v) is 0. The van der Waals surface area contributed by atoms with Gasteiger partial charge in [0.25, 0.3) is 0 Å². The Bertz CT molecular complexity index is 8.00. The van der Waals surface area contributed by atoms with Gasteiger partial charge in [0.1, 0.15) is 0 Å². The average Bonchev–Trinajstić information content (AvgIpc) is 0. The van der Waals surface area contributed by atoms with E-state index in [2.05, 4.69) is 0 Å². The SMILES string of the molecule is [Cu].[Pb].[Sn].[Zn]. The van der Waals surface area contributed by atoms with E-state index in [0.29, 0.717) is 0 Å². The molecule has 0 heterocycles. The second kappa shape index (κ2) is 16.9. The van der Waals surface area contributed by atoms with Gasteiger partial charge < -0.3 is 0 Å². The summed E-state index contributed by atoms with van der Waals surface area (Å²) in [4.78, 5) is 0. The second-order valence-corrected chi connectivity index (χ2v) is 0. The van der Waals surface area contributed by atoms with Gasteiger partial charge in [-0.15, -0.1) is 0 Å². The van der Waals surface area contributed by atoms with E-state index in [1.54, 1.807) is 0 Å². The number of hydrogen-bond acceptors (Lipinski definition) is 0. The van der Waals surface area contributed by atoms with Crippen LogP contribution >= 0.6 is 0 Å².